The predicted molar refractivity (Wildman–Crippen MR) is 144 cm³/mol. The van der Waals surface area contributed by atoms with Crippen LogP contribution in [-0.2, 0) is 4.74 Å². The van der Waals surface area contributed by atoms with E-state index in [0.717, 1.165) is 45.2 Å². The zero-order valence-electron chi connectivity index (χ0n) is 19.3. The Hall–Kier alpha value is -1.80. The van der Waals surface area contributed by atoms with Crippen LogP contribution in [0.2, 0.25) is 0 Å². The third-order valence-corrected chi connectivity index (χ3v) is 6.57. The van der Waals surface area contributed by atoms with Crippen LogP contribution in [0.4, 0.5) is 5.69 Å². The molecule has 2 aliphatic rings. The Labute approximate surface area is 210 Å². The molecule has 5 nitrogen and oxygen atoms in total. The standard InChI is InChI=1S/C26H36N4O.HI/c1-20-10-12-22(13-11-20)25-23(7-6-16-31-25)18-29-26(27-2)28-17-21-14-15-30(19-21)24-8-4-3-5-9-24;/h3-5,8-13,21,23,25H,6-7,14-19H2,1-2H3,(H2,27,28,29);1H. The summed E-state index contributed by atoms with van der Waals surface area (Å²) in [5, 5.41) is 7.12. The molecule has 0 aliphatic carbocycles. The molecule has 174 valence electrons. The van der Waals surface area contributed by atoms with Gasteiger partial charge in [-0.05, 0) is 49.8 Å². The second-order valence-corrected chi connectivity index (χ2v) is 8.87. The van der Waals surface area contributed by atoms with Gasteiger partial charge in [0.2, 0.25) is 0 Å². The van der Waals surface area contributed by atoms with Gasteiger partial charge in [0.05, 0.1) is 6.10 Å². The van der Waals surface area contributed by atoms with Crippen LogP contribution in [0.25, 0.3) is 0 Å². The highest BCUT2D eigenvalue weighted by Gasteiger charge is 2.28. The molecular formula is C26H37IN4O. The Morgan fingerprint density at radius 3 is 2.53 bits per heavy atom. The molecule has 2 aromatic rings. The van der Waals surface area contributed by atoms with Crippen molar-refractivity contribution in [1.82, 2.24) is 10.6 Å². The Kier molecular flexibility index (Phi) is 9.66. The number of benzene rings is 2. The summed E-state index contributed by atoms with van der Waals surface area (Å²) in [6.07, 6.45) is 3.68. The lowest BCUT2D eigenvalue weighted by atomic mass is 9.89. The highest BCUT2D eigenvalue weighted by atomic mass is 127. The molecule has 0 spiro atoms. The lowest BCUT2D eigenvalue weighted by molar-refractivity contribution is -0.0265. The van der Waals surface area contributed by atoms with Crippen LogP contribution in [-0.4, -0.2) is 45.8 Å². The lowest BCUT2D eigenvalue weighted by Gasteiger charge is -2.32. The van der Waals surface area contributed by atoms with E-state index >= 15 is 0 Å². The third kappa shape index (κ3) is 6.61. The summed E-state index contributed by atoms with van der Waals surface area (Å²) in [7, 11) is 1.86. The number of nitrogens with one attached hydrogen (secondary N) is 2. The van der Waals surface area contributed by atoms with Gasteiger partial charge in [0.25, 0.3) is 0 Å². The molecule has 2 N–H and O–H groups in total. The van der Waals surface area contributed by atoms with Crippen molar-refractivity contribution >= 4 is 35.6 Å². The Bertz CT molecular complexity index is 843. The first kappa shape index (κ1) is 24.8. The van der Waals surface area contributed by atoms with Crippen molar-refractivity contribution in [3.05, 3.63) is 65.7 Å². The number of guanidine groups is 1. The number of hydrogen-bond donors (Lipinski definition) is 2. The van der Waals surface area contributed by atoms with E-state index in [0.29, 0.717) is 11.8 Å². The highest BCUT2D eigenvalue weighted by molar-refractivity contribution is 14.0. The van der Waals surface area contributed by atoms with E-state index in [9.17, 15) is 0 Å². The van der Waals surface area contributed by atoms with Gasteiger partial charge in [0.1, 0.15) is 0 Å². The molecule has 0 amide bonds. The number of aryl methyl sites for hydroxylation is 1. The van der Waals surface area contributed by atoms with Crippen molar-refractivity contribution in [3.63, 3.8) is 0 Å². The number of anilines is 1. The SMILES string of the molecule is CN=C(NCC1CCN(c2ccccc2)C1)NCC1CCCOC1c1ccc(C)cc1.I. The van der Waals surface area contributed by atoms with Gasteiger partial charge in [-0.25, -0.2) is 0 Å². The number of halogens is 1. The summed E-state index contributed by atoms with van der Waals surface area (Å²) in [5.41, 5.74) is 3.90. The minimum absolute atomic E-state index is 0. The average molecular weight is 549 g/mol. The van der Waals surface area contributed by atoms with Gasteiger partial charge in [0.15, 0.2) is 5.96 Å². The number of para-hydroxylation sites is 1. The van der Waals surface area contributed by atoms with Crippen LogP contribution in [0.1, 0.15) is 36.5 Å². The molecule has 0 saturated carbocycles. The van der Waals surface area contributed by atoms with Crippen molar-refractivity contribution in [1.29, 1.82) is 0 Å². The quantitative estimate of drug-likeness (QED) is 0.310. The van der Waals surface area contributed by atoms with Crippen LogP contribution >= 0.6 is 24.0 Å². The average Bonchev–Trinajstić information content (AvgIpc) is 3.30. The van der Waals surface area contributed by atoms with Crippen LogP contribution in [0.15, 0.2) is 59.6 Å². The Morgan fingerprint density at radius 1 is 1.03 bits per heavy atom. The Morgan fingerprint density at radius 2 is 1.78 bits per heavy atom. The van der Waals surface area contributed by atoms with Crippen LogP contribution in [0.5, 0.6) is 0 Å². The lowest BCUT2D eigenvalue weighted by Crippen LogP contribution is -2.43. The first-order chi connectivity index (χ1) is 15.2. The maximum absolute atomic E-state index is 6.17. The van der Waals surface area contributed by atoms with Gasteiger partial charge in [-0.15, -0.1) is 24.0 Å². The molecule has 2 saturated heterocycles. The van der Waals surface area contributed by atoms with Crippen molar-refractivity contribution in [2.75, 3.05) is 44.7 Å². The minimum Gasteiger partial charge on any atom is -0.373 e. The Balaban J connectivity index is 0.00000289. The molecule has 0 bridgehead atoms. The van der Waals surface area contributed by atoms with Crippen molar-refractivity contribution in [2.24, 2.45) is 16.8 Å². The summed E-state index contributed by atoms with van der Waals surface area (Å²) in [6, 6.07) is 19.5. The first-order valence-corrected chi connectivity index (χ1v) is 11.7. The topological polar surface area (TPSA) is 48.9 Å². The van der Waals surface area contributed by atoms with Gasteiger partial charge in [-0.2, -0.15) is 0 Å². The van der Waals surface area contributed by atoms with E-state index in [2.05, 4.69) is 82.0 Å². The van der Waals surface area contributed by atoms with Crippen molar-refractivity contribution in [2.45, 2.75) is 32.3 Å². The molecule has 32 heavy (non-hydrogen) atoms. The summed E-state index contributed by atoms with van der Waals surface area (Å²) in [4.78, 5) is 6.94. The monoisotopic (exact) mass is 548 g/mol. The fourth-order valence-corrected chi connectivity index (χ4v) is 4.74. The van der Waals surface area contributed by atoms with Crippen LogP contribution in [0.3, 0.4) is 0 Å². The molecule has 4 rings (SSSR count). The van der Waals surface area contributed by atoms with E-state index in [1.165, 1.54) is 29.7 Å². The zero-order chi connectivity index (χ0) is 21.5. The molecule has 3 atom stereocenters. The molecule has 0 aromatic heterocycles. The number of hydrogen-bond acceptors (Lipinski definition) is 3. The number of nitrogens with zero attached hydrogens (tertiary/aromatic N) is 2. The number of aliphatic imine (C=N–C) groups is 1. The van der Waals surface area contributed by atoms with Crippen LogP contribution < -0.4 is 15.5 Å². The summed E-state index contributed by atoms with van der Waals surface area (Å²) < 4.78 is 6.17. The molecule has 0 radical (unpaired) electrons. The molecule has 2 fully saturated rings. The fraction of sp³-hybridized carbons (Fsp3) is 0.500. The normalized spacial score (nSPS) is 23.5. The summed E-state index contributed by atoms with van der Waals surface area (Å²) in [6.45, 7) is 7.02. The summed E-state index contributed by atoms with van der Waals surface area (Å²) in [5.74, 6) is 1.98. The molecule has 6 heteroatoms. The largest absolute Gasteiger partial charge is 0.373 e. The van der Waals surface area contributed by atoms with Gasteiger partial charge in [0, 0.05) is 51.4 Å². The predicted octanol–water partition coefficient (Wildman–Crippen LogP) is 4.77. The van der Waals surface area contributed by atoms with Crippen molar-refractivity contribution in [3.8, 4) is 0 Å². The smallest absolute Gasteiger partial charge is 0.190 e. The second-order valence-electron chi connectivity index (χ2n) is 8.87. The minimum atomic E-state index is 0. The van der Waals surface area contributed by atoms with E-state index in [4.69, 9.17) is 4.74 Å². The van der Waals surface area contributed by atoms with Gasteiger partial charge in [-0.3, -0.25) is 4.99 Å². The van der Waals surface area contributed by atoms with Gasteiger partial charge >= 0.3 is 0 Å². The van der Waals surface area contributed by atoms with E-state index < -0.39 is 0 Å². The second kappa shape index (κ2) is 12.4. The van der Waals surface area contributed by atoms with E-state index in [1.54, 1.807) is 0 Å². The molecule has 2 aliphatic heterocycles. The van der Waals surface area contributed by atoms with E-state index in [1.807, 2.05) is 7.05 Å². The zero-order valence-corrected chi connectivity index (χ0v) is 21.6. The molecular weight excluding hydrogens is 511 g/mol. The maximum atomic E-state index is 6.17. The highest BCUT2D eigenvalue weighted by Crippen LogP contribution is 2.33. The number of rotatable bonds is 6. The van der Waals surface area contributed by atoms with Crippen LogP contribution in [0, 0.1) is 18.8 Å². The first-order valence-electron chi connectivity index (χ1n) is 11.7. The van der Waals surface area contributed by atoms with E-state index in [-0.39, 0.29) is 30.1 Å². The summed E-state index contributed by atoms with van der Waals surface area (Å²) >= 11 is 0. The van der Waals surface area contributed by atoms with Crippen molar-refractivity contribution < 1.29 is 4.74 Å². The van der Waals surface area contributed by atoms with Gasteiger partial charge < -0.3 is 20.3 Å². The molecule has 3 unspecified atom stereocenters. The molecule has 2 heterocycles. The third-order valence-electron chi connectivity index (χ3n) is 6.57. The van der Waals surface area contributed by atoms with Gasteiger partial charge in [-0.1, -0.05) is 48.0 Å². The fourth-order valence-electron chi connectivity index (χ4n) is 4.74. The molecule has 2 aromatic carbocycles. The maximum Gasteiger partial charge on any atom is 0.190 e. The number of ether oxygens (including phenoxy) is 1.